The molecule has 0 N–H and O–H groups in total. The second-order valence-corrected chi connectivity index (χ2v) is 47.5. The Hall–Kier alpha value is 1.09. The summed E-state index contributed by atoms with van der Waals surface area (Å²) in [6.07, 6.45) is 20.5. The molecule has 0 radical (unpaired) electrons. The van der Waals surface area contributed by atoms with Crippen molar-refractivity contribution in [2.24, 2.45) is 0 Å². The van der Waals surface area contributed by atoms with E-state index in [4.69, 9.17) is 0 Å². The summed E-state index contributed by atoms with van der Waals surface area (Å²) in [5.41, 5.74) is 1.66. The first-order valence-electron chi connectivity index (χ1n) is 14.1. The molecular weight excluding hydrogens is 694 g/mol. The van der Waals surface area contributed by atoms with E-state index in [9.17, 15) is 0 Å². The Bertz CT molecular complexity index is 942. The zero-order valence-corrected chi connectivity index (χ0v) is 31.8. The molecule has 0 saturated carbocycles. The van der Waals surface area contributed by atoms with Crippen LogP contribution >= 0.6 is 34.4 Å². The Kier molecular flexibility index (Phi) is 12.2. The number of aryl methyl sites for hydroxylation is 1. The third kappa shape index (κ3) is 8.29. The minimum atomic E-state index is -2.21. The maximum absolute atomic E-state index is 2.65. The Morgan fingerprint density at radius 2 is 1.43 bits per heavy atom. The van der Waals surface area contributed by atoms with Gasteiger partial charge in [0.2, 0.25) is 0 Å². The van der Waals surface area contributed by atoms with E-state index < -0.39 is 36.8 Å². The fourth-order valence-corrected chi connectivity index (χ4v) is 25.3. The van der Waals surface area contributed by atoms with Gasteiger partial charge in [0.15, 0.2) is 0 Å². The molecule has 0 nitrogen and oxygen atoms in total. The van der Waals surface area contributed by atoms with E-state index in [0.29, 0.717) is 2.76 Å². The number of hydrogen-bond donors (Lipinski definition) is 0. The van der Waals surface area contributed by atoms with Crippen LogP contribution < -0.4 is 2.89 Å². The van der Waals surface area contributed by atoms with Crippen LogP contribution in [0, 0.1) is 0 Å². The van der Waals surface area contributed by atoms with Crippen molar-refractivity contribution in [3.05, 3.63) is 40.8 Å². The molecule has 1 unspecified atom stereocenters. The van der Waals surface area contributed by atoms with E-state index in [0.717, 1.165) is 0 Å². The second kappa shape index (κ2) is 13.9. The van der Waals surface area contributed by atoms with Gasteiger partial charge in [-0.1, -0.05) is 19.8 Å². The molecular formula is C30H50S3Sn2. The summed E-state index contributed by atoms with van der Waals surface area (Å²) in [7, 11) is 0. The predicted molar refractivity (Wildman–Crippen MR) is 173 cm³/mol. The average Bonchev–Trinajstić information content (AvgIpc) is 3.53. The van der Waals surface area contributed by atoms with Crippen molar-refractivity contribution < 1.29 is 0 Å². The van der Waals surface area contributed by atoms with Crippen molar-refractivity contribution in [3.8, 4) is 9.75 Å². The second-order valence-electron chi connectivity index (χ2n) is 12.5. The first kappa shape index (κ1) is 30.6. The fourth-order valence-electron chi connectivity index (χ4n) is 5.09. The summed E-state index contributed by atoms with van der Waals surface area (Å²) in [4.78, 5) is 20.4. The van der Waals surface area contributed by atoms with E-state index in [1.165, 1.54) is 76.4 Å². The molecule has 1 aliphatic heterocycles. The van der Waals surface area contributed by atoms with Crippen molar-refractivity contribution >= 4 is 74.1 Å². The first-order valence-corrected chi connectivity index (χ1v) is 36.7. The molecule has 1 atom stereocenters. The Labute approximate surface area is 237 Å². The van der Waals surface area contributed by atoms with E-state index >= 15 is 0 Å². The van der Waals surface area contributed by atoms with Gasteiger partial charge in [-0.3, -0.25) is 0 Å². The maximum atomic E-state index is 2.65. The van der Waals surface area contributed by atoms with Crippen LogP contribution in [0.1, 0.15) is 81.6 Å². The number of hydrogen-bond acceptors (Lipinski definition) is 3. The Morgan fingerprint density at radius 3 is 1.97 bits per heavy atom. The van der Waals surface area contributed by atoms with Crippen LogP contribution in [0.5, 0.6) is 0 Å². The average molecular weight is 744 g/mol. The van der Waals surface area contributed by atoms with Crippen LogP contribution in [0.3, 0.4) is 0 Å². The summed E-state index contributed by atoms with van der Waals surface area (Å²) in [5.74, 6) is 1.19. The SMILES string of the molecule is CCCCCCCCCCCCc1c[c]([Sn]([CH3])([CH3])[CH3])sc1-c1ccc([C]2([Sn]([CH3])([CH3])[CH3])C=CCS2)s1. The van der Waals surface area contributed by atoms with Gasteiger partial charge >= 0.3 is 221 Å². The van der Waals surface area contributed by atoms with Crippen molar-refractivity contribution in [1.29, 1.82) is 0 Å². The normalized spacial score (nSPS) is 18.6. The standard InChI is InChI=1S/C24H32S3.6CH3.2Sn/c1-2-3-4-5-6-7-8-9-10-11-13-20-17-19-26-24(20)23-16-15-22(27-23)21-14-12-18-25-21;;;;;;;;/h12,14-17H,2-11,13,18H2,1H3;6*1H3;;. The topological polar surface area (TPSA) is 0 Å². The van der Waals surface area contributed by atoms with Gasteiger partial charge in [-0.15, -0.1) is 0 Å². The number of rotatable bonds is 15. The molecule has 0 aromatic carbocycles. The van der Waals surface area contributed by atoms with E-state index in [2.05, 4.69) is 101 Å². The van der Waals surface area contributed by atoms with Gasteiger partial charge in [-0.25, -0.2) is 0 Å². The molecule has 0 spiro atoms. The molecule has 2 aromatic heterocycles. The van der Waals surface area contributed by atoms with Crippen LogP contribution in [-0.4, -0.2) is 42.5 Å². The van der Waals surface area contributed by atoms with Crippen molar-refractivity contribution in [1.82, 2.24) is 0 Å². The molecule has 1 aliphatic rings. The minimum absolute atomic E-state index is 0.331. The van der Waals surface area contributed by atoms with Crippen molar-refractivity contribution in [2.75, 3.05) is 5.75 Å². The number of unbranched alkanes of at least 4 members (excludes halogenated alkanes) is 9. The first-order chi connectivity index (χ1) is 16.6. The zero-order chi connectivity index (χ0) is 25.5. The molecule has 5 heteroatoms. The van der Waals surface area contributed by atoms with Crippen LogP contribution in [0.25, 0.3) is 9.75 Å². The van der Waals surface area contributed by atoms with Gasteiger partial charge in [-0.2, -0.15) is 0 Å². The monoisotopic (exact) mass is 746 g/mol. The molecule has 2 aromatic rings. The van der Waals surface area contributed by atoms with Gasteiger partial charge in [-0.05, 0) is 0 Å². The van der Waals surface area contributed by atoms with Gasteiger partial charge in [0.1, 0.15) is 0 Å². The third-order valence-electron chi connectivity index (χ3n) is 7.42. The van der Waals surface area contributed by atoms with Crippen molar-refractivity contribution in [3.63, 3.8) is 0 Å². The summed E-state index contributed by atoms with van der Waals surface area (Å²) < 4.78 is 2.09. The molecule has 196 valence electrons. The van der Waals surface area contributed by atoms with Crippen LogP contribution in [-0.2, 0) is 9.18 Å². The summed E-state index contributed by atoms with van der Waals surface area (Å²) >= 11 is 2.19. The Balaban J connectivity index is 1.66. The van der Waals surface area contributed by atoms with E-state index in [1.807, 2.05) is 0 Å². The van der Waals surface area contributed by atoms with Gasteiger partial charge in [0.05, 0.1) is 0 Å². The van der Waals surface area contributed by atoms with Gasteiger partial charge < -0.3 is 0 Å². The summed E-state index contributed by atoms with van der Waals surface area (Å²) in [5, 5.41) is 0. The van der Waals surface area contributed by atoms with Crippen LogP contribution in [0.15, 0.2) is 30.4 Å². The Morgan fingerprint density at radius 1 is 0.800 bits per heavy atom. The molecule has 0 saturated heterocycles. The molecule has 3 heterocycles. The zero-order valence-electron chi connectivity index (χ0n) is 23.6. The molecule has 35 heavy (non-hydrogen) atoms. The van der Waals surface area contributed by atoms with Crippen LogP contribution in [0.4, 0.5) is 0 Å². The van der Waals surface area contributed by atoms with E-state index in [1.54, 1.807) is 23.1 Å². The fraction of sp³-hybridized carbons (Fsp3) is 0.667. The van der Waals surface area contributed by atoms with E-state index in [-0.39, 0.29) is 0 Å². The molecule has 3 rings (SSSR count). The number of thioether (sulfide) groups is 1. The van der Waals surface area contributed by atoms with Gasteiger partial charge in [0.25, 0.3) is 0 Å². The summed E-state index contributed by atoms with van der Waals surface area (Å²) in [6, 6.07) is 7.61. The molecule has 0 amide bonds. The van der Waals surface area contributed by atoms with Crippen molar-refractivity contribution in [2.45, 2.75) is 110 Å². The molecule has 0 fully saturated rings. The van der Waals surface area contributed by atoms with Gasteiger partial charge in [0, 0.05) is 0 Å². The quantitative estimate of drug-likeness (QED) is 0.0994. The number of thiophene rings is 2. The summed E-state index contributed by atoms with van der Waals surface area (Å²) in [6.45, 7) is 2.31. The third-order valence-corrected chi connectivity index (χ3v) is 34.2. The predicted octanol–water partition coefficient (Wildman–Crippen LogP) is 10.9. The van der Waals surface area contributed by atoms with Crippen LogP contribution in [0.2, 0.25) is 29.6 Å². The molecule has 0 bridgehead atoms. The molecule has 0 aliphatic carbocycles.